The Kier molecular flexibility index (Phi) is 10.5. The molecule has 0 aliphatic rings. The van der Waals surface area contributed by atoms with Crippen molar-refractivity contribution < 1.29 is 5.11 Å². The fraction of sp³-hybridized carbons (Fsp3) is 0.846. The van der Waals surface area contributed by atoms with Gasteiger partial charge in [-0.1, -0.05) is 44.8 Å². The summed E-state index contributed by atoms with van der Waals surface area (Å²) in [5.74, 6) is 0. The van der Waals surface area contributed by atoms with E-state index >= 15 is 0 Å². The summed E-state index contributed by atoms with van der Waals surface area (Å²) in [7, 11) is 0. The van der Waals surface area contributed by atoms with E-state index < -0.39 is 0 Å². The third-order valence-electron chi connectivity index (χ3n) is 2.40. The Balaban J connectivity index is 2.95. The van der Waals surface area contributed by atoms with Crippen molar-refractivity contribution in [3.05, 3.63) is 12.2 Å². The molecule has 0 rings (SSSR count). The van der Waals surface area contributed by atoms with Crippen LogP contribution in [0.15, 0.2) is 12.2 Å². The van der Waals surface area contributed by atoms with E-state index in [1.54, 1.807) is 0 Å². The van der Waals surface area contributed by atoms with Crippen LogP contribution in [0.25, 0.3) is 0 Å². The van der Waals surface area contributed by atoms with E-state index in [9.17, 15) is 0 Å². The lowest BCUT2D eigenvalue weighted by atomic mass is 10.1. The van der Waals surface area contributed by atoms with Gasteiger partial charge in [-0.3, -0.25) is 0 Å². The van der Waals surface area contributed by atoms with Crippen LogP contribution in [0.3, 0.4) is 0 Å². The van der Waals surface area contributed by atoms with E-state index in [1.165, 1.54) is 38.5 Å². The maximum atomic E-state index is 9.04. The molecule has 1 atom stereocenters. The third kappa shape index (κ3) is 11.7. The van der Waals surface area contributed by atoms with Gasteiger partial charge in [-0.15, -0.1) is 0 Å². The smallest absolute Gasteiger partial charge is 0.0512 e. The molecule has 84 valence electrons. The first-order valence-electron chi connectivity index (χ1n) is 6.10. The van der Waals surface area contributed by atoms with Crippen molar-refractivity contribution >= 4 is 0 Å². The summed E-state index contributed by atoms with van der Waals surface area (Å²) >= 11 is 0. The fourth-order valence-electron chi connectivity index (χ4n) is 1.52. The van der Waals surface area contributed by atoms with Crippen molar-refractivity contribution in [2.75, 3.05) is 0 Å². The molecule has 0 bridgehead atoms. The van der Waals surface area contributed by atoms with Gasteiger partial charge in [0.15, 0.2) is 0 Å². The lowest BCUT2D eigenvalue weighted by molar-refractivity contribution is 0.180. The lowest BCUT2D eigenvalue weighted by Gasteiger charge is -2.02. The molecule has 0 spiro atoms. The number of unbranched alkanes of at least 4 members (excludes halogenated alkanes) is 5. The molecule has 0 aromatic heterocycles. The fourth-order valence-corrected chi connectivity index (χ4v) is 1.52. The van der Waals surface area contributed by atoms with Gasteiger partial charge < -0.3 is 5.11 Å². The predicted octanol–water partition coefficient (Wildman–Crippen LogP) is 4.06. The molecule has 0 aromatic rings. The molecule has 1 heteroatoms. The monoisotopic (exact) mass is 198 g/mol. The highest BCUT2D eigenvalue weighted by Gasteiger charge is 1.94. The summed E-state index contributed by atoms with van der Waals surface area (Å²) in [5, 5.41) is 9.04. The van der Waals surface area contributed by atoms with Crippen LogP contribution in [0.4, 0.5) is 0 Å². The summed E-state index contributed by atoms with van der Waals surface area (Å²) in [6, 6.07) is 0. The van der Waals surface area contributed by atoms with Crippen molar-refractivity contribution in [2.45, 2.75) is 71.3 Å². The first kappa shape index (κ1) is 13.7. The first-order valence-corrected chi connectivity index (χ1v) is 6.10. The Bertz CT molecular complexity index is 127. The van der Waals surface area contributed by atoms with E-state index in [0.29, 0.717) is 0 Å². The second kappa shape index (κ2) is 10.8. The van der Waals surface area contributed by atoms with E-state index in [0.717, 1.165) is 12.8 Å². The quantitative estimate of drug-likeness (QED) is 0.437. The summed E-state index contributed by atoms with van der Waals surface area (Å²) < 4.78 is 0. The molecule has 0 aliphatic carbocycles. The van der Waals surface area contributed by atoms with Crippen LogP contribution < -0.4 is 0 Å². The number of allylic oxidation sites excluding steroid dienone is 2. The van der Waals surface area contributed by atoms with Crippen molar-refractivity contribution in [1.82, 2.24) is 0 Å². The van der Waals surface area contributed by atoms with Crippen LogP contribution in [0.5, 0.6) is 0 Å². The Morgan fingerprint density at radius 2 is 1.64 bits per heavy atom. The number of aliphatic hydroxyl groups is 1. The van der Waals surface area contributed by atoms with Crippen molar-refractivity contribution in [1.29, 1.82) is 0 Å². The minimum atomic E-state index is -0.109. The van der Waals surface area contributed by atoms with Gasteiger partial charge in [-0.2, -0.15) is 0 Å². The van der Waals surface area contributed by atoms with Crippen molar-refractivity contribution in [2.24, 2.45) is 0 Å². The van der Waals surface area contributed by atoms with Crippen LogP contribution >= 0.6 is 0 Å². The number of hydrogen-bond acceptors (Lipinski definition) is 1. The third-order valence-corrected chi connectivity index (χ3v) is 2.40. The minimum absolute atomic E-state index is 0.109. The highest BCUT2D eigenvalue weighted by atomic mass is 16.3. The van der Waals surface area contributed by atoms with Gasteiger partial charge in [0.2, 0.25) is 0 Å². The molecule has 0 aliphatic heterocycles. The standard InChI is InChI=1S/C13H26O/c1-3-4-5-6-7-8-9-10-11-12-13(2)14/h4-5,13-14H,3,6-12H2,1-2H3. The predicted molar refractivity (Wildman–Crippen MR) is 63.4 cm³/mol. The molecule has 0 radical (unpaired) electrons. The lowest BCUT2D eigenvalue weighted by Crippen LogP contribution is -1.98. The average molecular weight is 198 g/mol. The van der Waals surface area contributed by atoms with Crippen LogP contribution in [0.2, 0.25) is 0 Å². The zero-order chi connectivity index (χ0) is 10.6. The Hall–Kier alpha value is -0.300. The molecular formula is C13H26O. The van der Waals surface area contributed by atoms with Crippen LogP contribution in [0, 0.1) is 0 Å². The van der Waals surface area contributed by atoms with Crippen LogP contribution in [-0.2, 0) is 0 Å². The molecule has 1 unspecified atom stereocenters. The van der Waals surface area contributed by atoms with Crippen molar-refractivity contribution in [3.63, 3.8) is 0 Å². The van der Waals surface area contributed by atoms with Crippen LogP contribution in [-0.4, -0.2) is 11.2 Å². The maximum Gasteiger partial charge on any atom is 0.0512 e. The summed E-state index contributed by atoms with van der Waals surface area (Å²) in [6.45, 7) is 4.04. The molecular weight excluding hydrogens is 172 g/mol. The number of aliphatic hydroxyl groups excluding tert-OH is 1. The number of rotatable bonds is 9. The molecule has 0 amide bonds. The summed E-state index contributed by atoms with van der Waals surface area (Å²) in [4.78, 5) is 0. The van der Waals surface area contributed by atoms with Gasteiger partial charge in [0.05, 0.1) is 6.10 Å². The number of hydrogen-bond donors (Lipinski definition) is 1. The molecule has 0 aromatic carbocycles. The second-order valence-electron chi connectivity index (χ2n) is 4.07. The van der Waals surface area contributed by atoms with Gasteiger partial charge in [0.25, 0.3) is 0 Å². The SMILES string of the molecule is CCC=CCCCCCCCC(C)O. The Morgan fingerprint density at radius 3 is 2.29 bits per heavy atom. The molecule has 0 saturated heterocycles. The minimum Gasteiger partial charge on any atom is -0.393 e. The van der Waals surface area contributed by atoms with Crippen molar-refractivity contribution in [3.8, 4) is 0 Å². The van der Waals surface area contributed by atoms with E-state index in [1.807, 2.05) is 6.92 Å². The van der Waals surface area contributed by atoms with E-state index in [4.69, 9.17) is 5.11 Å². The van der Waals surface area contributed by atoms with Gasteiger partial charge in [-0.25, -0.2) is 0 Å². The molecule has 1 nitrogen and oxygen atoms in total. The Morgan fingerprint density at radius 1 is 1.00 bits per heavy atom. The zero-order valence-corrected chi connectivity index (χ0v) is 9.84. The first-order chi connectivity index (χ1) is 6.77. The van der Waals surface area contributed by atoms with E-state index in [2.05, 4.69) is 19.1 Å². The molecule has 0 heterocycles. The Labute approximate surface area is 89.2 Å². The van der Waals surface area contributed by atoms with Crippen LogP contribution in [0.1, 0.15) is 65.2 Å². The highest BCUT2D eigenvalue weighted by Crippen LogP contribution is 2.08. The second-order valence-corrected chi connectivity index (χ2v) is 4.07. The van der Waals surface area contributed by atoms with Gasteiger partial charge in [0.1, 0.15) is 0 Å². The average Bonchev–Trinajstić information content (AvgIpc) is 2.15. The summed E-state index contributed by atoms with van der Waals surface area (Å²) in [6.07, 6.45) is 14.2. The highest BCUT2D eigenvalue weighted by molar-refractivity contribution is 4.79. The molecule has 14 heavy (non-hydrogen) atoms. The topological polar surface area (TPSA) is 20.2 Å². The molecule has 0 saturated carbocycles. The normalized spacial score (nSPS) is 13.6. The van der Waals surface area contributed by atoms with E-state index in [-0.39, 0.29) is 6.10 Å². The molecule has 1 N–H and O–H groups in total. The maximum absolute atomic E-state index is 9.04. The summed E-state index contributed by atoms with van der Waals surface area (Å²) in [5.41, 5.74) is 0. The largest absolute Gasteiger partial charge is 0.393 e. The van der Waals surface area contributed by atoms with Gasteiger partial charge in [0, 0.05) is 0 Å². The van der Waals surface area contributed by atoms with Gasteiger partial charge >= 0.3 is 0 Å². The van der Waals surface area contributed by atoms with Gasteiger partial charge in [-0.05, 0) is 32.6 Å². The molecule has 0 fully saturated rings. The zero-order valence-electron chi connectivity index (χ0n) is 9.84.